The topological polar surface area (TPSA) is 92.3 Å². The Kier molecular flexibility index (Phi) is 2.23. The number of anilines is 1. The van der Waals surface area contributed by atoms with Crippen LogP contribution in [0.5, 0.6) is 0 Å². The van der Waals surface area contributed by atoms with Crippen LogP contribution in [0.4, 0.5) is 5.82 Å². The molecule has 3 aromatic heterocycles. The van der Waals surface area contributed by atoms with Gasteiger partial charge in [0.05, 0.1) is 17.9 Å². The first-order valence-electron chi connectivity index (χ1n) is 6.50. The van der Waals surface area contributed by atoms with E-state index in [-0.39, 0.29) is 5.54 Å². The van der Waals surface area contributed by atoms with Crippen molar-refractivity contribution in [3.05, 3.63) is 24.7 Å². The van der Waals surface area contributed by atoms with Crippen LogP contribution in [0.3, 0.4) is 0 Å². The molecule has 0 atom stereocenters. The Morgan fingerprint density at radius 1 is 1.25 bits per heavy atom. The fraction of sp³-hybridized carbons (Fsp3) is 0.308. The molecule has 2 N–H and O–H groups in total. The second-order valence-corrected chi connectivity index (χ2v) is 5.33. The van der Waals surface area contributed by atoms with E-state index in [0.29, 0.717) is 11.5 Å². The number of nitrogens with one attached hydrogen (secondary N) is 2. The number of pyridine rings is 1. The second kappa shape index (κ2) is 3.96. The van der Waals surface area contributed by atoms with Gasteiger partial charge in [0.1, 0.15) is 11.5 Å². The van der Waals surface area contributed by atoms with Crippen LogP contribution in [0.25, 0.3) is 22.4 Å². The zero-order valence-electron chi connectivity index (χ0n) is 11.0. The molecule has 0 aromatic carbocycles. The van der Waals surface area contributed by atoms with Gasteiger partial charge in [0, 0.05) is 17.1 Å². The Labute approximate surface area is 114 Å². The maximum atomic E-state index is 4.60. The van der Waals surface area contributed by atoms with Crippen molar-refractivity contribution in [3.8, 4) is 11.5 Å². The first-order chi connectivity index (χ1) is 9.73. The standard InChI is InChI=1S/C13H13N7/c1-13(3-4-13)18-11-8-2-5-14-6-9(8)16-12(17-11)10-7-15-20-19-10/h2,5-7H,3-4H2,1H3,(H,15,19,20)(H,16,17,18). The minimum absolute atomic E-state index is 0.144. The lowest BCUT2D eigenvalue weighted by Crippen LogP contribution is -2.17. The Hall–Kier alpha value is -2.57. The third-order valence-electron chi connectivity index (χ3n) is 3.56. The van der Waals surface area contributed by atoms with Gasteiger partial charge in [-0.25, -0.2) is 9.97 Å². The SMILES string of the molecule is CC1(Nc2nc(-c3cn[nH]n3)nc3cnccc23)CC1. The number of rotatable bonds is 3. The molecule has 0 amide bonds. The molecule has 3 heterocycles. The average molecular weight is 267 g/mol. The van der Waals surface area contributed by atoms with E-state index < -0.39 is 0 Å². The van der Waals surface area contributed by atoms with E-state index in [4.69, 9.17) is 0 Å². The molecule has 20 heavy (non-hydrogen) atoms. The minimum atomic E-state index is 0.144. The van der Waals surface area contributed by atoms with Crippen molar-refractivity contribution in [3.63, 3.8) is 0 Å². The number of aromatic nitrogens is 6. The number of hydrogen-bond acceptors (Lipinski definition) is 6. The molecule has 1 fully saturated rings. The average Bonchev–Trinajstić information content (AvgIpc) is 2.97. The summed E-state index contributed by atoms with van der Waals surface area (Å²) in [7, 11) is 0. The van der Waals surface area contributed by atoms with Gasteiger partial charge in [-0.2, -0.15) is 15.4 Å². The van der Waals surface area contributed by atoms with Crippen LogP contribution in [0.15, 0.2) is 24.7 Å². The van der Waals surface area contributed by atoms with Crippen molar-refractivity contribution in [1.82, 2.24) is 30.4 Å². The molecule has 1 saturated carbocycles. The molecule has 0 radical (unpaired) electrons. The normalized spacial score (nSPS) is 16.2. The van der Waals surface area contributed by atoms with Crippen molar-refractivity contribution in [2.24, 2.45) is 0 Å². The monoisotopic (exact) mass is 267 g/mol. The van der Waals surface area contributed by atoms with E-state index in [1.54, 1.807) is 18.6 Å². The number of fused-ring (bicyclic) bond motifs is 1. The third-order valence-corrected chi connectivity index (χ3v) is 3.56. The lowest BCUT2D eigenvalue weighted by Gasteiger charge is -2.14. The largest absolute Gasteiger partial charge is 0.364 e. The lowest BCUT2D eigenvalue weighted by atomic mass is 10.2. The van der Waals surface area contributed by atoms with Crippen LogP contribution in [-0.2, 0) is 0 Å². The molecule has 0 aliphatic heterocycles. The van der Waals surface area contributed by atoms with E-state index in [2.05, 4.69) is 42.6 Å². The Bertz CT molecular complexity index is 761. The smallest absolute Gasteiger partial charge is 0.184 e. The van der Waals surface area contributed by atoms with Gasteiger partial charge in [-0.05, 0) is 25.8 Å². The Balaban J connectivity index is 1.90. The second-order valence-electron chi connectivity index (χ2n) is 5.33. The van der Waals surface area contributed by atoms with Crippen molar-refractivity contribution in [2.75, 3.05) is 5.32 Å². The van der Waals surface area contributed by atoms with Crippen molar-refractivity contribution in [1.29, 1.82) is 0 Å². The molecule has 0 unspecified atom stereocenters. The first-order valence-corrected chi connectivity index (χ1v) is 6.50. The van der Waals surface area contributed by atoms with Crippen LogP contribution in [0, 0.1) is 0 Å². The van der Waals surface area contributed by atoms with Gasteiger partial charge in [-0.15, -0.1) is 0 Å². The van der Waals surface area contributed by atoms with Crippen LogP contribution in [0.1, 0.15) is 19.8 Å². The molecule has 0 spiro atoms. The predicted octanol–water partition coefficient (Wildman–Crippen LogP) is 1.77. The summed E-state index contributed by atoms with van der Waals surface area (Å²) in [6, 6.07) is 1.93. The molecule has 0 saturated heterocycles. The number of nitrogens with zero attached hydrogens (tertiary/aromatic N) is 5. The van der Waals surface area contributed by atoms with Crippen molar-refractivity contribution < 1.29 is 0 Å². The highest BCUT2D eigenvalue weighted by molar-refractivity contribution is 5.90. The van der Waals surface area contributed by atoms with E-state index in [9.17, 15) is 0 Å². The maximum Gasteiger partial charge on any atom is 0.184 e. The van der Waals surface area contributed by atoms with E-state index in [1.165, 1.54) is 0 Å². The fourth-order valence-electron chi connectivity index (χ4n) is 2.10. The number of hydrogen-bond donors (Lipinski definition) is 2. The highest BCUT2D eigenvalue weighted by Crippen LogP contribution is 2.39. The minimum Gasteiger partial charge on any atom is -0.364 e. The zero-order valence-corrected chi connectivity index (χ0v) is 11.0. The summed E-state index contributed by atoms with van der Waals surface area (Å²) in [6.07, 6.45) is 7.41. The van der Waals surface area contributed by atoms with Crippen LogP contribution in [0.2, 0.25) is 0 Å². The number of aromatic amines is 1. The Morgan fingerprint density at radius 3 is 2.90 bits per heavy atom. The maximum absolute atomic E-state index is 4.60. The Morgan fingerprint density at radius 2 is 2.15 bits per heavy atom. The van der Waals surface area contributed by atoms with Gasteiger partial charge in [-0.3, -0.25) is 4.98 Å². The van der Waals surface area contributed by atoms with E-state index in [0.717, 1.165) is 29.6 Å². The lowest BCUT2D eigenvalue weighted by molar-refractivity contribution is 0.822. The molecule has 100 valence electrons. The quantitative estimate of drug-likeness (QED) is 0.751. The van der Waals surface area contributed by atoms with E-state index >= 15 is 0 Å². The van der Waals surface area contributed by atoms with E-state index in [1.807, 2.05) is 6.07 Å². The van der Waals surface area contributed by atoms with Gasteiger partial charge in [0.15, 0.2) is 5.82 Å². The van der Waals surface area contributed by atoms with Crippen LogP contribution >= 0.6 is 0 Å². The summed E-state index contributed by atoms with van der Waals surface area (Å²) in [5.41, 5.74) is 1.57. The van der Waals surface area contributed by atoms with Crippen molar-refractivity contribution >= 4 is 16.7 Å². The predicted molar refractivity (Wildman–Crippen MR) is 74.0 cm³/mol. The summed E-state index contributed by atoms with van der Waals surface area (Å²) >= 11 is 0. The summed E-state index contributed by atoms with van der Waals surface area (Å²) in [5, 5.41) is 14.9. The molecule has 1 aliphatic carbocycles. The van der Waals surface area contributed by atoms with Gasteiger partial charge in [0.2, 0.25) is 0 Å². The molecular weight excluding hydrogens is 254 g/mol. The van der Waals surface area contributed by atoms with Crippen LogP contribution in [-0.4, -0.2) is 35.9 Å². The molecule has 3 aromatic rings. The van der Waals surface area contributed by atoms with Crippen LogP contribution < -0.4 is 5.32 Å². The van der Waals surface area contributed by atoms with Gasteiger partial charge in [-0.1, -0.05) is 0 Å². The van der Waals surface area contributed by atoms with Gasteiger partial charge in [0.25, 0.3) is 0 Å². The molecule has 7 heteroatoms. The van der Waals surface area contributed by atoms with Crippen molar-refractivity contribution in [2.45, 2.75) is 25.3 Å². The summed E-state index contributed by atoms with van der Waals surface area (Å²) < 4.78 is 0. The molecular formula is C13H13N7. The summed E-state index contributed by atoms with van der Waals surface area (Å²) in [6.45, 7) is 2.19. The summed E-state index contributed by atoms with van der Waals surface area (Å²) in [4.78, 5) is 13.2. The molecule has 1 aliphatic rings. The molecule has 0 bridgehead atoms. The summed E-state index contributed by atoms with van der Waals surface area (Å²) in [5.74, 6) is 1.38. The van der Waals surface area contributed by atoms with Gasteiger partial charge >= 0.3 is 0 Å². The van der Waals surface area contributed by atoms with Gasteiger partial charge < -0.3 is 5.32 Å². The first kappa shape index (κ1) is 11.3. The zero-order chi connectivity index (χ0) is 13.6. The fourth-order valence-corrected chi connectivity index (χ4v) is 2.10. The number of H-pyrrole nitrogens is 1. The third kappa shape index (κ3) is 1.87. The highest BCUT2D eigenvalue weighted by Gasteiger charge is 2.38. The highest BCUT2D eigenvalue weighted by atomic mass is 15.3. The molecule has 4 rings (SSSR count). The molecule has 7 nitrogen and oxygen atoms in total.